The Morgan fingerprint density at radius 1 is 1.43 bits per heavy atom. The molecule has 1 aliphatic heterocycles. The van der Waals surface area contributed by atoms with E-state index in [2.05, 4.69) is 32.6 Å². The van der Waals surface area contributed by atoms with Crippen molar-refractivity contribution in [2.24, 2.45) is 11.3 Å². The Kier molecular flexibility index (Phi) is 3.96. The molecule has 2 nitrogen and oxygen atoms in total. The van der Waals surface area contributed by atoms with Crippen molar-refractivity contribution in [3.8, 4) is 0 Å². The fourth-order valence-electron chi connectivity index (χ4n) is 2.26. The summed E-state index contributed by atoms with van der Waals surface area (Å²) in [5.74, 6) is 0.817. The molecule has 84 valence electrons. The van der Waals surface area contributed by atoms with E-state index in [1.165, 1.54) is 19.5 Å². The molecular weight excluding hydrogens is 174 g/mol. The highest BCUT2D eigenvalue weighted by atomic mass is 16.3. The van der Waals surface area contributed by atoms with Crippen LogP contribution in [0.25, 0.3) is 0 Å². The number of aliphatic hydroxyl groups is 1. The van der Waals surface area contributed by atoms with E-state index < -0.39 is 0 Å². The summed E-state index contributed by atoms with van der Waals surface area (Å²) in [5, 5.41) is 9.89. The molecule has 1 N–H and O–H groups in total. The van der Waals surface area contributed by atoms with Crippen LogP contribution in [0, 0.1) is 11.3 Å². The molecule has 0 saturated carbocycles. The molecule has 1 fully saturated rings. The smallest absolute Gasteiger partial charge is 0.0672 e. The zero-order valence-electron chi connectivity index (χ0n) is 10.1. The fourth-order valence-corrected chi connectivity index (χ4v) is 2.26. The van der Waals surface area contributed by atoms with Crippen molar-refractivity contribution in [2.75, 3.05) is 19.6 Å². The lowest BCUT2D eigenvalue weighted by molar-refractivity contribution is 0.0844. The molecule has 14 heavy (non-hydrogen) atoms. The molecule has 0 spiro atoms. The van der Waals surface area contributed by atoms with Crippen molar-refractivity contribution in [1.82, 2.24) is 4.90 Å². The number of β-amino-alcohol motifs (C(OH)–C–C–N with tert-alkyl or cyclic N) is 1. The third-order valence-electron chi connectivity index (χ3n) is 2.82. The maximum absolute atomic E-state index is 9.89. The lowest BCUT2D eigenvalue weighted by Gasteiger charge is -2.25. The highest BCUT2D eigenvalue weighted by Gasteiger charge is 2.23. The van der Waals surface area contributed by atoms with Crippen molar-refractivity contribution in [3.05, 3.63) is 0 Å². The van der Waals surface area contributed by atoms with Crippen LogP contribution in [-0.4, -0.2) is 35.7 Å². The SMILES string of the molecule is CC1CCN(CC(O)CC(C)(C)C)C1. The van der Waals surface area contributed by atoms with Crippen molar-refractivity contribution in [3.63, 3.8) is 0 Å². The maximum atomic E-state index is 9.89. The van der Waals surface area contributed by atoms with Gasteiger partial charge in [0.05, 0.1) is 6.10 Å². The molecule has 0 amide bonds. The molecular formula is C12H25NO. The van der Waals surface area contributed by atoms with E-state index in [0.29, 0.717) is 0 Å². The van der Waals surface area contributed by atoms with Crippen LogP contribution in [0.15, 0.2) is 0 Å². The Balaban J connectivity index is 2.24. The van der Waals surface area contributed by atoms with Gasteiger partial charge in [0.1, 0.15) is 0 Å². The van der Waals surface area contributed by atoms with Gasteiger partial charge in [0, 0.05) is 13.1 Å². The van der Waals surface area contributed by atoms with Crippen LogP contribution in [0.1, 0.15) is 40.5 Å². The Morgan fingerprint density at radius 2 is 2.07 bits per heavy atom. The van der Waals surface area contributed by atoms with Gasteiger partial charge in [-0.1, -0.05) is 27.7 Å². The molecule has 2 heteroatoms. The number of aliphatic hydroxyl groups excluding tert-OH is 1. The first-order chi connectivity index (χ1) is 6.37. The molecule has 2 atom stereocenters. The van der Waals surface area contributed by atoms with Gasteiger partial charge in [0.15, 0.2) is 0 Å². The van der Waals surface area contributed by atoms with Crippen LogP contribution in [-0.2, 0) is 0 Å². The van der Waals surface area contributed by atoms with Gasteiger partial charge in [-0.25, -0.2) is 0 Å². The molecule has 0 aromatic rings. The molecule has 1 saturated heterocycles. The van der Waals surface area contributed by atoms with E-state index in [9.17, 15) is 5.11 Å². The minimum Gasteiger partial charge on any atom is -0.392 e. The summed E-state index contributed by atoms with van der Waals surface area (Å²) in [4.78, 5) is 2.39. The van der Waals surface area contributed by atoms with E-state index in [0.717, 1.165) is 18.9 Å². The number of hydrogen-bond donors (Lipinski definition) is 1. The predicted octanol–water partition coefficient (Wildman–Crippen LogP) is 2.13. The van der Waals surface area contributed by atoms with E-state index in [1.807, 2.05) is 0 Å². The van der Waals surface area contributed by atoms with E-state index >= 15 is 0 Å². The van der Waals surface area contributed by atoms with Gasteiger partial charge in [-0.15, -0.1) is 0 Å². The Bertz CT molecular complexity index is 174. The molecule has 0 aromatic carbocycles. The topological polar surface area (TPSA) is 23.5 Å². The zero-order chi connectivity index (χ0) is 10.8. The first-order valence-electron chi connectivity index (χ1n) is 5.77. The second-order valence-corrected chi connectivity index (χ2v) is 6.07. The van der Waals surface area contributed by atoms with Gasteiger partial charge < -0.3 is 10.0 Å². The summed E-state index contributed by atoms with van der Waals surface area (Å²) >= 11 is 0. The number of likely N-dealkylation sites (tertiary alicyclic amines) is 1. The third kappa shape index (κ3) is 4.43. The monoisotopic (exact) mass is 199 g/mol. The van der Waals surface area contributed by atoms with Crippen LogP contribution in [0.4, 0.5) is 0 Å². The van der Waals surface area contributed by atoms with Gasteiger partial charge >= 0.3 is 0 Å². The standard InChI is InChI=1S/C12H25NO/c1-10-5-6-13(8-10)9-11(14)7-12(2,3)4/h10-11,14H,5-9H2,1-4H3. The summed E-state index contributed by atoms with van der Waals surface area (Å²) in [6, 6.07) is 0. The zero-order valence-corrected chi connectivity index (χ0v) is 10.1. The third-order valence-corrected chi connectivity index (χ3v) is 2.82. The van der Waals surface area contributed by atoms with Gasteiger partial charge in [0.25, 0.3) is 0 Å². The van der Waals surface area contributed by atoms with Crippen LogP contribution in [0.2, 0.25) is 0 Å². The number of nitrogens with zero attached hydrogens (tertiary/aromatic N) is 1. The van der Waals surface area contributed by atoms with Crippen molar-refractivity contribution in [1.29, 1.82) is 0 Å². The van der Waals surface area contributed by atoms with E-state index in [1.54, 1.807) is 0 Å². The number of rotatable bonds is 3. The van der Waals surface area contributed by atoms with Gasteiger partial charge in [-0.2, -0.15) is 0 Å². The second kappa shape index (κ2) is 4.63. The quantitative estimate of drug-likeness (QED) is 0.752. The fraction of sp³-hybridized carbons (Fsp3) is 1.00. The first-order valence-corrected chi connectivity index (χ1v) is 5.77. The lowest BCUT2D eigenvalue weighted by atomic mass is 9.89. The largest absolute Gasteiger partial charge is 0.392 e. The summed E-state index contributed by atoms with van der Waals surface area (Å²) in [7, 11) is 0. The van der Waals surface area contributed by atoms with Gasteiger partial charge in [-0.3, -0.25) is 0 Å². The summed E-state index contributed by atoms with van der Waals surface area (Å²) in [6.45, 7) is 12.0. The summed E-state index contributed by atoms with van der Waals surface area (Å²) < 4.78 is 0. The molecule has 1 aliphatic rings. The van der Waals surface area contributed by atoms with Gasteiger partial charge in [-0.05, 0) is 30.7 Å². The molecule has 0 aliphatic carbocycles. The molecule has 1 rings (SSSR count). The Hall–Kier alpha value is -0.0800. The minimum atomic E-state index is -0.153. The highest BCUT2D eigenvalue weighted by molar-refractivity contribution is 4.77. The minimum absolute atomic E-state index is 0.153. The summed E-state index contributed by atoms with van der Waals surface area (Å²) in [6.07, 6.45) is 2.04. The summed E-state index contributed by atoms with van der Waals surface area (Å²) in [5.41, 5.74) is 0.241. The van der Waals surface area contributed by atoms with E-state index in [-0.39, 0.29) is 11.5 Å². The van der Waals surface area contributed by atoms with Crippen LogP contribution in [0.5, 0.6) is 0 Å². The van der Waals surface area contributed by atoms with Crippen LogP contribution in [0.3, 0.4) is 0 Å². The molecule has 2 unspecified atom stereocenters. The molecule has 1 heterocycles. The van der Waals surface area contributed by atoms with Crippen molar-refractivity contribution in [2.45, 2.75) is 46.6 Å². The van der Waals surface area contributed by atoms with Crippen LogP contribution >= 0.6 is 0 Å². The normalized spacial score (nSPS) is 26.8. The average molecular weight is 199 g/mol. The molecule has 0 aromatic heterocycles. The Labute approximate surface area is 88.3 Å². The molecule has 0 radical (unpaired) electrons. The van der Waals surface area contributed by atoms with Gasteiger partial charge in [0.2, 0.25) is 0 Å². The first kappa shape index (κ1) is 12.0. The number of hydrogen-bond acceptors (Lipinski definition) is 2. The molecule has 0 bridgehead atoms. The predicted molar refractivity (Wildman–Crippen MR) is 60.3 cm³/mol. The highest BCUT2D eigenvalue weighted by Crippen LogP contribution is 2.22. The maximum Gasteiger partial charge on any atom is 0.0672 e. The average Bonchev–Trinajstić information content (AvgIpc) is 2.30. The Morgan fingerprint density at radius 3 is 2.50 bits per heavy atom. The van der Waals surface area contributed by atoms with Crippen molar-refractivity contribution < 1.29 is 5.11 Å². The second-order valence-electron chi connectivity index (χ2n) is 6.07. The van der Waals surface area contributed by atoms with E-state index in [4.69, 9.17) is 0 Å². The lowest BCUT2D eigenvalue weighted by Crippen LogP contribution is -2.32. The van der Waals surface area contributed by atoms with Crippen molar-refractivity contribution >= 4 is 0 Å². The van der Waals surface area contributed by atoms with Crippen LogP contribution < -0.4 is 0 Å².